The van der Waals surface area contributed by atoms with Gasteiger partial charge in [0.15, 0.2) is 0 Å². The Balaban J connectivity index is 0.00000312. The van der Waals surface area contributed by atoms with Crippen molar-refractivity contribution in [3.8, 4) is 5.75 Å². The molecular formula is C19H33Cl2N3O2. The Morgan fingerprint density at radius 1 is 1.23 bits per heavy atom. The Hall–Kier alpha value is -1.01. The number of carbonyl (C=O) groups is 1. The highest BCUT2D eigenvalue weighted by Crippen LogP contribution is 2.19. The van der Waals surface area contributed by atoms with Gasteiger partial charge in [0.2, 0.25) is 5.91 Å². The molecule has 1 amide bonds. The van der Waals surface area contributed by atoms with Gasteiger partial charge in [0, 0.05) is 25.1 Å². The molecule has 26 heavy (non-hydrogen) atoms. The highest BCUT2D eigenvalue weighted by atomic mass is 35.5. The molecule has 0 bridgehead atoms. The predicted molar refractivity (Wildman–Crippen MR) is 112 cm³/mol. The molecule has 150 valence electrons. The van der Waals surface area contributed by atoms with E-state index >= 15 is 0 Å². The van der Waals surface area contributed by atoms with Crippen molar-refractivity contribution in [1.29, 1.82) is 0 Å². The van der Waals surface area contributed by atoms with E-state index in [1.165, 1.54) is 12.8 Å². The number of halogens is 2. The zero-order valence-electron chi connectivity index (χ0n) is 15.8. The van der Waals surface area contributed by atoms with Crippen molar-refractivity contribution >= 4 is 30.7 Å². The van der Waals surface area contributed by atoms with Crippen LogP contribution in [-0.4, -0.2) is 51.1 Å². The molecule has 1 aliphatic heterocycles. The third-order valence-corrected chi connectivity index (χ3v) is 4.48. The quantitative estimate of drug-likeness (QED) is 0.662. The summed E-state index contributed by atoms with van der Waals surface area (Å²) in [6.07, 6.45) is 3.99. The van der Waals surface area contributed by atoms with Crippen molar-refractivity contribution < 1.29 is 9.53 Å². The first-order valence-electron chi connectivity index (χ1n) is 8.98. The van der Waals surface area contributed by atoms with Gasteiger partial charge in [-0.1, -0.05) is 18.2 Å². The van der Waals surface area contributed by atoms with Crippen LogP contribution in [0.5, 0.6) is 5.75 Å². The lowest BCUT2D eigenvalue weighted by molar-refractivity contribution is -0.121. The van der Waals surface area contributed by atoms with E-state index in [2.05, 4.69) is 15.5 Å². The molecule has 0 aromatic heterocycles. The molecule has 5 nitrogen and oxygen atoms in total. The number of nitrogens with zero attached hydrogens (tertiary/aromatic N) is 1. The van der Waals surface area contributed by atoms with Crippen LogP contribution in [-0.2, 0) is 11.3 Å². The smallest absolute Gasteiger partial charge is 0.220 e. The number of para-hydroxylation sites is 1. The van der Waals surface area contributed by atoms with Crippen LogP contribution in [0.4, 0.5) is 0 Å². The zero-order chi connectivity index (χ0) is 17.2. The van der Waals surface area contributed by atoms with Gasteiger partial charge < -0.3 is 20.3 Å². The number of nitrogens with one attached hydrogen (secondary N) is 2. The van der Waals surface area contributed by atoms with Crippen LogP contribution in [0.3, 0.4) is 0 Å². The number of rotatable bonds is 9. The Labute approximate surface area is 170 Å². The summed E-state index contributed by atoms with van der Waals surface area (Å²) in [5, 5.41) is 6.39. The lowest BCUT2D eigenvalue weighted by atomic mass is 9.93. The van der Waals surface area contributed by atoms with Gasteiger partial charge in [-0.2, -0.15) is 0 Å². The number of hydrogen-bond acceptors (Lipinski definition) is 4. The minimum atomic E-state index is 0. The summed E-state index contributed by atoms with van der Waals surface area (Å²) in [7, 11) is 4.05. The fourth-order valence-corrected chi connectivity index (χ4v) is 2.92. The number of ether oxygens (including phenoxy) is 1. The molecule has 1 aromatic rings. The number of carbonyl (C=O) groups excluding carboxylic acids is 1. The topological polar surface area (TPSA) is 53.6 Å². The first kappa shape index (κ1) is 25.0. The lowest BCUT2D eigenvalue weighted by Gasteiger charge is -2.22. The Kier molecular flexibility index (Phi) is 13.6. The minimum Gasteiger partial charge on any atom is -0.492 e. The summed E-state index contributed by atoms with van der Waals surface area (Å²) in [6, 6.07) is 7.92. The van der Waals surface area contributed by atoms with Gasteiger partial charge in [0.05, 0.1) is 0 Å². The van der Waals surface area contributed by atoms with Gasteiger partial charge in [-0.25, -0.2) is 0 Å². The predicted octanol–water partition coefficient (Wildman–Crippen LogP) is 2.87. The fraction of sp³-hybridized carbons (Fsp3) is 0.632. The molecule has 1 saturated heterocycles. The summed E-state index contributed by atoms with van der Waals surface area (Å²) in [5.74, 6) is 1.69. The van der Waals surface area contributed by atoms with Crippen molar-refractivity contribution in [2.24, 2.45) is 5.92 Å². The first-order valence-corrected chi connectivity index (χ1v) is 8.98. The lowest BCUT2D eigenvalue weighted by Crippen LogP contribution is -2.29. The van der Waals surface area contributed by atoms with E-state index in [4.69, 9.17) is 4.74 Å². The van der Waals surface area contributed by atoms with Crippen LogP contribution in [0.1, 0.15) is 31.2 Å². The molecular weight excluding hydrogens is 373 g/mol. The molecule has 1 aliphatic rings. The highest BCUT2D eigenvalue weighted by Gasteiger charge is 2.14. The number of piperidine rings is 1. The van der Waals surface area contributed by atoms with E-state index in [1.54, 1.807) is 0 Å². The molecule has 0 spiro atoms. The number of amides is 1. The first-order chi connectivity index (χ1) is 11.6. The zero-order valence-corrected chi connectivity index (χ0v) is 17.5. The minimum absolute atomic E-state index is 0. The third kappa shape index (κ3) is 9.62. The van der Waals surface area contributed by atoms with E-state index in [1.807, 2.05) is 38.4 Å². The second kappa shape index (κ2) is 14.1. The average Bonchev–Trinajstić information content (AvgIpc) is 2.59. The van der Waals surface area contributed by atoms with E-state index < -0.39 is 0 Å². The molecule has 2 rings (SSSR count). The summed E-state index contributed by atoms with van der Waals surface area (Å²) in [4.78, 5) is 14.2. The molecule has 0 radical (unpaired) electrons. The summed E-state index contributed by atoms with van der Waals surface area (Å²) in [5.41, 5.74) is 1.03. The average molecular weight is 406 g/mol. The second-order valence-corrected chi connectivity index (χ2v) is 6.77. The van der Waals surface area contributed by atoms with Crippen LogP contribution in [0.15, 0.2) is 24.3 Å². The molecule has 7 heteroatoms. The standard InChI is InChI=1S/C19H31N3O2.2ClH/c1-22(2)13-14-24-18-6-4-3-5-17(18)15-21-19(23)8-7-16-9-11-20-12-10-16;;/h3-6,16,20H,7-15H2,1-2H3,(H,21,23);2*1H. The van der Waals surface area contributed by atoms with Gasteiger partial charge in [-0.05, 0) is 58.4 Å². The highest BCUT2D eigenvalue weighted by molar-refractivity contribution is 5.85. The van der Waals surface area contributed by atoms with Gasteiger partial charge >= 0.3 is 0 Å². The normalized spacial score (nSPS) is 14.3. The van der Waals surface area contributed by atoms with Crippen LogP contribution >= 0.6 is 24.8 Å². The Morgan fingerprint density at radius 3 is 2.62 bits per heavy atom. The molecule has 0 unspecified atom stereocenters. The summed E-state index contributed by atoms with van der Waals surface area (Å²) in [6.45, 7) is 4.22. The van der Waals surface area contributed by atoms with Crippen LogP contribution in [0.2, 0.25) is 0 Å². The van der Waals surface area contributed by atoms with Crippen LogP contribution in [0, 0.1) is 5.92 Å². The summed E-state index contributed by atoms with van der Waals surface area (Å²) >= 11 is 0. The van der Waals surface area contributed by atoms with Crippen molar-refractivity contribution in [1.82, 2.24) is 15.5 Å². The van der Waals surface area contributed by atoms with E-state index in [9.17, 15) is 4.79 Å². The molecule has 1 heterocycles. The van der Waals surface area contributed by atoms with Gasteiger partial charge in [-0.3, -0.25) is 4.79 Å². The van der Waals surface area contributed by atoms with E-state index in [-0.39, 0.29) is 30.7 Å². The molecule has 1 fully saturated rings. The molecule has 1 aromatic carbocycles. The third-order valence-electron chi connectivity index (χ3n) is 4.48. The Morgan fingerprint density at radius 2 is 1.92 bits per heavy atom. The number of hydrogen-bond donors (Lipinski definition) is 2. The largest absolute Gasteiger partial charge is 0.492 e. The van der Waals surface area contributed by atoms with E-state index in [0.717, 1.165) is 37.4 Å². The van der Waals surface area contributed by atoms with Crippen molar-refractivity contribution in [3.05, 3.63) is 29.8 Å². The Bertz CT molecular complexity index is 509. The van der Waals surface area contributed by atoms with Gasteiger partial charge in [-0.15, -0.1) is 24.8 Å². The molecule has 0 saturated carbocycles. The van der Waals surface area contributed by atoms with Gasteiger partial charge in [0.1, 0.15) is 12.4 Å². The number of likely N-dealkylation sites (N-methyl/N-ethyl adjacent to an activating group) is 1. The van der Waals surface area contributed by atoms with Crippen molar-refractivity contribution in [3.63, 3.8) is 0 Å². The molecule has 0 aliphatic carbocycles. The second-order valence-electron chi connectivity index (χ2n) is 6.77. The summed E-state index contributed by atoms with van der Waals surface area (Å²) < 4.78 is 5.84. The van der Waals surface area contributed by atoms with Gasteiger partial charge in [0.25, 0.3) is 0 Å². The van der Waals surface area contributed by atoms with Crippen LogP contribution < -0.4 is 15.4 Å². The molecule has 0 atom stereocenters. The maximum atomic E-state index is 12.1. The fourth-order valence-electron chi connectivity index (χ4n) is 2.92. The molecule has 2 N–H and O–H groups in total. The maximum Gasteiger partial charge on any atom is 0.220 e. The van der Waals surface area contributed by atoms with Crippen LogP contribution in [0.25, 0.3) is 0 Å². The number of benzene rings is 1. The maximum absolute atomic E-state index is 12.1. The van der Waals surface area contributed by atoms with Crippen molar-refractivity contribution in [2.75, 3.05) is 40.3 Å². The SMILES string of the molecule is CN(C)CCOc1ccccc1CNC(=O)CCC1CCNCC1.Cl.Cl. The monoisotopic (exact) mass is 405 g/mol. The van der Waals surface area contributed by atoms with E-state index in [0.29, 0.717) is 25.5 Å². The van der Waals surface area contributed by atoms with Crippen molar-refractivity contribution in [2.45, 2.75) is 32.2 Å².